The van der Waals surface area contributed by atoms with E-state index in [0.717, 1.165) is 31.4 Å². The van der Waals surface area contributed by atoms with E-state index in [1.807, 2.05) is 6.07 Å². The molecule has 0 saturated heterocycles. The molecule has 2 aliphatic carbocycles. The van der Waals surface area contributed by atoms with E-state index in [0.29, 0.717) is 17.6 Å². The Hall–Kier alpha value is -1.83. The van der Waals surface area contributed by atoms with Crippen LogP contribution in [0.3, 0.4) is 0 Å². The van der Waals surface area contributed by atoms with E-state index in [9.17, 15) is 4.79 Å². The first-order valence-electron chi connectivity index (χ1n) is 7.37. The summed E-state index contributed by atoms with van der Waals surface area (Å²) in [5.41, 5.74) is 2.88. The molecule has 0 radical (unpaired) electrons. The summed E-state index contributed by atoms with van der Waals surface area (Å²) >= 11 is 0. The lowest BCUT2D eigenvalue weighted by Gasteiger charge is -2.28. The summed E-state index contributed by atoms with van der Waals surface area (Å²) in [6, 6.07) is 10.7. The van der Waals surface area contributed by atoms with Crippen LogP contribution >= 0.6 is 0 Å². The van der Waals surface area contributed by atoms with Crippen LogP contribution < -0.4 is 4.74 Å². The van der Waals surface area contributed by atoms with Crippen LogP contribution in [0.15, 0.2) is 30.3 Å². The van der Waals surface area contributed by atoms with Gasteiger partial charge in [0, 0.05) is 12.8 Å². The zero-order chi connectivity index (χ0) is 13.7. The van der Waals surface area contributed by atoms with E-state index in [2.05, 4.69) is 24.3 Å². The smallest absolute Gasteiger partial charge is 0.133 e. The zero-order valence-electron chi connectivity index (χ0n) is 11.7. The fourth-order valence-electron chi connectivity index (χ4n) is 4.07. The zero-order valence-corrected chi connectivity index (χ0v) is 11.7. The first-order chi connectivity index (χ1) is 9.76. The number of aryl methyl sites for hydroxylation is 1. The highest BCUT2D eigenvalue weighted by Gasteiger charge is 2.37. The fraction of sp³-hybridized carbons (Fsp3) is 0.389. The van der Waals surface area contributed by atoms with E-state index in [4.69, 9.17) is 4.74 Å². The van der Waals surface area contributed by atoms with Crippen LogP contribution in [-0.4, -0.2) is 12.9 Å². The van der Waals surface area contributed by atoms with Crippen LogP contribution in [0, 0.1) is 5.92 Å². The van der Waals surface area contributed by atoms with Gasteiger partial charge in [0.1, 0.15) is 11.5 Å². The van der Waals surface area contributed by atoms with Gasteiger partial charge in [-0.1, -0.05) is 18.2 Å². The molecular formula is C18H18O2. The van der Waals surface area contributed by atoms with Crippen molar-refractivity contribution in [3.05, 3.63) is 41.5 Å². The lowest BCUT2D eigenvalue weighted by atomic mass is 9.75. The van der Waals surface area contributed by atoms with Crippen LogP contribution in [-0.2, 0) is 11.2 Å². The maximum atomic E-state index is 11.7. The minimum atomic E-state index is 0.447. The Morgan fingerprint density at radius 3 is 2.90 bits per heavy atom. The van der Waals surface area contributed by atoms with E-state index in [1.165, 1.54) is 21.9 Å². The Morgan fingerprint density at radius 2 is 2.05 bits per heavy atom. The number of ketones is 1. The summed E-state index contributed by atoms with van der Waals surface area (Å²) in [4.78, 5) is 11.7. The molecule has 0 aromatic heterocycles. The van der Waals surface area contributed by atoms with Gasteiger partial charge >= 0.3 is 0 Å². The molecule has 2 aromatic rings. The van der Waals surface area contributed by atoms with Gasteiger partial charge in [-0.15, -0.1) is 0 Å². The second-order valence-electron chi connectivity index (χ2n) is 6.07. The first-order valence-corrected chi connectivity index (χ1v) is 7.37. The molecule has 2 atom stereocenters. The van der Waals surface area contributed by atoms with Gasteiger partial charge in [-0.05, 0) is 58.7 Å². The van der Waals surface area contributed by atoms with Crippen molar-refractivity contribution < 1.29 is 9.53 Å². The number of ether oxygens (including phenoxy) is 1. The van der Waals surface area contributed by atoms with Crippen LogP contribution in [0.2, 0.25) is 0 Å². The molecule has 2 heteroatoms. The van der Waals surface area contributed by atoms with Gasteiger partial charge in [0.25, 0.3) is 0 Å². The maximum absolute atomic E-state index is 11.7. The molecule has 0 aliphatic heterocycles. The molecule has 0 unspecified atom stereocenters. The van der Waals surface area contributed by atoms with Crippen molar-refractivity contribution in [1.82, 2.24) is 0 Å². The molecular weight excluding hydrogens is 248 g/mol. The molecule has 0 bridgehead atoms. The van der Waals surface area contributed by atoms with Crippen molar-refractivity contribution >= 4 is 16.6 Å². The summed E-state index contributed by atoms with van der Waals surface area (Å²) < 4.78 is 5.31. The average Bonchev–Trinajstić information content (AvgIpc) is 2.86. The van der Waals surface area contributed by atoms with Crippen LogP contribution in [0.5, 0.6) is 5.75 Å². The molecule has 4 rings (SSSR count). The Bertz CT molecular complexity index is 702. The van der Waals surface area contributed by atoms with Crippen molar-refractivity contribution in [3.63, 3.8) is 0 Å². The molecule has 20 heavy (non-hydrogen) atoms. The van der Waals surface area contributed by atoms with Crippen molar-refractivity contribution in [2.45, 2.75) is 31.6 Å². The number of carbonyl (C=O) groups excluding carboxylic acids is 1. The van der Waals surface area contributed by atoms with Crippen LogP contribution in [0.4, 0.5) is 0 Å². The third-order valence-corrected chi connectivity index (χ3v) is 5.05. The predicted molar refractivity (Wildman–Crippen MR) is 79.3 cm³/mol. The predicted octanol–water partition coefficient (Wildman–Crippen LogP) is 3.86. The first kappa shape index (κ1) is 12.0. The minimum Gasteiger partial charge on any atom is -0.497 e. The largest absolute Gasteiger partial charge is 0.497 e. The van der Waals surface area contributed by atoms with Crippen molar-refractivity contribution in [2.75, 3.05) is 7.11 Å². The highest BCUT2D eigenvalue weighted by atomic mass is 16.5. The number of Topliss-reactive ketones (excluding diaryl/α,β-unsaturated/α-hetero) is 1. The van der Waals surface area contributed by atoms with Gasteiger partial charge in [-0.2, -0.15) is 0 Å². The summed E-state index contributed by atoms with van der Waals surface area (Å²) in [7, 11) is 1.70. The van der Waals surface area contributed by atoms with E-state index >= 15 is 0 Å². The standard InChI is InChI=1S/C18H18O2/c1-20-14-4-7-15-12(9-14)3-6-17-16(15)5-2-11-8-13(19)10-18(11)17/h3-4,6-7,9,11,18H,2,5,8,10H2,1H3/t11-,18+/m0/s1. The van der Waals surface area contributed by atoms with Crippen LogP contribution in [0.1, 0.15) is 36.3 Å². The van der Waals surface area contributed by atoms with Gasteiger partial charge in [0.05, 0.1) is 7.11 Å². The number of methoxy groups -OCH3 is 1. The quantitative estimate of drug-likeness (QED) is 0.783. The number of hydrogen-bond acceptors (Lipinski definition) is 2. The van der Waals surface area contributed by atoms with E-state index in [1.54, 1.807) is 7.11 Å². The van der Waals surface area contributed by atoms with Gasteiger partial charge in [-0.3, -0.25) is 4.79 Å². The molecule has 0 N–H and O–H groups in total. The van der Waals surface area contributed by atoms with Gasteiger partial charge < -0.3 is 4.74 Å². The van der Waals surface area contributed by atoms with Crippen LogP contribution in [0.25, 0.3) is 10.8 Å². The van der Waals surface area contributed by atoms with Gasteiger partial charge in [0.2, 0.25) is 0 Å². The number of benzene rings is 2. The molecule has 0 spiro atoms. The average molecular weight is 266 g/mol. The number of rotatable bonds is 1. The number of hydrogen-bond donors (Lipinski definition) is 0. The molecule has 0 amide bonds. The van der Waals surface area contributed by atoms with Crippen molar-refractivity contribution in [2.24, 2.45) is 5.92 Å². The van der Waals surface area contributed by atoms with Crippen molar-refractivity contribution in [3.8, 4) is 5.75 Å². The number of fused-ring (bicyclic) bond motifs is 5. The molecule has 0 heterocycles. The van der Waals surface area contributed by atoms with E-state index in [-0.39, 0.29) is 0 Å². The highest BCUT2D eigenvalue weighted by molar-refractivity contribution is 5.89. The molecule has 1 fully saturated rings. The Labute approximate surface area is 118 Å². The summed E-state index contributed by atoms with van der Waals surface area (Å²) in [5, 5.41) is 2.58. The Balaban J connectivity index is 1.88. The SMILES string of the molecule is COc1ccc2c3c(ccc2c1)[C@@H]1CC(=O)C[C@@H]1CC3. The normalized spacial score (nSPS) is 24.6. The molecule has 2 nitrogen and oxygen atoms in total. The van der Waals surface area contributed by atoms with Gasteiger partial charge in [-0.25, -0.2) is 0 Å². The highest BCUT2D eigenvalue weighted by Crippen LogP contribution is 2.47. The topological polar surface area (TPSA) is 26.3 Å². The lowest BCUT2D eigenvalue weighted by Crippen LogP contribution is -2.16. The van der Waals surface area contributed by atoms with Gasteiger partial charge in [0.15, 0.2) is 0 Å². The molecule has 102 valence electrons. The molecule has 1 saturated carbocycles. The maximum Gasteiger partial charge on any atom is 0.133 e. The fourth-order valence-corrected chi connectivity index (χ4v) is 4.07. The molecule has 2 aromatic carbocycles. The summed E-state index contributed by atoms with van der Waals surface area (Å²) in [6.45, 7) is 0. The summed E-state index contributed by atoms with van der Waals surface area (Å²) in [5.74, 6) is 2.41. The summed E-state index contributed by atoms with van der Waals surface area (Å²) in [6.07, 6.45) is 3.81. The molecule has 2 aliphatic rings. The third-order valence-electron chi connectivity index (χ3n) is 5.05. The lowest BCUT2D eigenvalue weighted by molar-refractivity contribution is -0.117. The third kappa shape index (κ3) is 1.67. The number of carbonyl (C=O) groups is 1. The second-order valence-corrected chi connectivity index (χ2v) is 6.07. The van der Waals surface area contributed by atoms with Crippen molar-refractivity contribution in [1.29, 1.82) is 0 Å². The second kappa shape index (κ2) is 4.34. The Morgan fingerprint density at radius 1 is 1.15 bits per heavy atom. The minimum absolute atomic E-state index is 0.447. The monoisotopic (exact) mass is 266 g/mol. The Kier molecular flexibility index (Phi) is 2.59. The van der Waals surface area contributed by atoms with E-state index < -0.39 is 0 Å².